The van der Waals surface area contributed by atoms with Gasteiger partial charge >= 0.3 is 0 Å². The number of benzene rings is 1. The molecule has 0 aromatic heterocycles. The molecule has 2 nitrogen and oxygen atoms in total. The fraction of sp³-hybridized carbons (Fsp3) is 0.647. The highest BCUT2D eigenvalue weighted by atomic mass is 79.9. The molecule has 0 saturated heterocycles. The summed E-state index contributed by atoms with van der Waals surface area (Å²) in [7, 11) is 0. The highest BCUT2D eigenvalue weighted by Gasteiger charge is 2.17. The van der Waals surface area contributed by atoms with Crippen molar-refractivity contribution in [2.45, 2.75) is 65.0 Å². The van der Waals surface area contributed by atoms with Crippen LogP contribution < -0.4 is 10.1 Å². The summed E-state index contributed by atoms with van der Waals surface area (Å²) >= 11 is 3.59. The number of halogens is 1. The second kappa shape index (κ2) is 8.04. The molecule has 2 rings (SSSR count). The second-order valence-electron chi connectivity index (χ2n) is 5.72. The Kier molecular flexibility index (Phi) is 6.37. The number of ether oxygens (including phenoxy) is 1. The number of hydrogen-bond donors (Lipinski definition) is 1. The highest BCUT2D eigenvalue weighted by Crippen LogP contribution is 2.31. The first kappa shape index (κ1) is 15.8. The minimum absolute atomic E-state index is 0.401. The molecule has 0 atom stereocenters. The summed E-state index contributed by atoms with van der Waals surface area (Å²) in [5, 5.41) is 3.41. The van der Waals surface area contributed by atoms with Crippen molar-refractivity contribution in [3.05, 3.63) is 27.7 Å². The molecule has 20 heavy (non-hydrogen) atoms. The van der Waals surface area contributed by atoms with Crippen molar-refractivity contribution in [1.29, 1.82) is 0 Å². The summed E-state index contributed by atoms with van der Waals surface area (Å²) in [5.41, 5.74) is 2.50. The van der Waals surface area contributed by atoms with E-state index in [1.165, 1.54) is 49.7 Å². The minimum atomic E-state index is 0.401. The quantitative estimate of drug-likeness (QED) is 0.764. The zero-order chi connectivity index (χ0) is 14.4. The van der Waals surface area contributed by atoms with Gasteiger partial charge in [-0.1, -0.05) is 35.7 Å². The molecular formula is C17H26BrNO. The number of aryl methyl sites for hydroxylation is 1. The van der Waals surface area contributed by atoms with Crippen molar-refractivity contribution in [3.63, 3.8) is 0 Å². The van der Waals surface area contributed by atoms with Gasteiger partial charge in [-0.3, -0.25) is 0 Å². The van der Waals surface area contributed by atoms with Crippen LogP contribution in [-0.2, 0) is 6.54 Å². The van der Waals surface area contributed by atoms with E-state index >= 15 is 0 Å². The summed E-state index contributed by atoms with van der Waals surface area (Å²) in [6.07, 6.45) is 8.16. The molecule has 0 heterocycles. The van der Waals surface area contributed by atoms with Crippen LogP contribution >= 0.6 is 15.9 Å². The summed E-state index contributed by atoms with van der Waals surface area (Å²) < 4.78 is 7.52. The third-order valence-corrected chi connectivity index (χ3v) is 4.43. The summed E-state index contributed by atoms with van der Waals surface area (Å²) in [4.78, 5) is 0. The van der Waals surface area contributed by atoms with Crippen LogP contribution in [0.1, 0.15) is 56.6 Å². The van der Waals surface area contributed by atoms with Crippen LogP contribution in [0.25, 0.3) is 0 Å². The Morgan fingerprint density at radius 2 is 1.90 bits per heavy atom. The number of nitrogens with one attached hydrogen (secondary N) is 1. The zero-order valence-corrected chi connectivity index (χ0v) is 14.3. The molecule has 3 heteroatoms. The lowest BCUT2D eigenvalue weighted by Crippen LogP contribution is -2.19. The molecule has 1 aliphatic rings. The van der Waals surface area contributed by atoms with Gasteiger partial charge in [-0.25, -0.2) is 0 Å². The summed E-state index contributed by atoms with van der Waals surface area (Å²) in [5.74, 6) is 1.10. The molecule has 1 saturated carbocycles. The normalized spacial score (nSPS) is 16.9. The van der Waals surface area contributed by atoms with Crippen LogP contribution in [0.3, 0.4) is 0 Å². The van der Waals surface area contributed by atoms with Crippen LogP contribution in [0, 0.1) is 6.92 Å². The summed E-state index contributed by atoms with van der Waals surface area (Å²) in [6, 6.07) is 4.34. The van der Waals surface area contributed by atoms with Gasteiger partial charge in [0.1, 0.15) is 5.75 Å². The third-order valence-electron chi connectivity index (χ3n) is 3.97. The van der Waals surface area contributed by atoms with Gasteiger partial charge in [-0.15, -0.1) is 0 Å². The molecule has 0 spiro atoms. The Bertz CT molecular complexity index is 425. The molecule has 0 unspecified atom stereocenters. The van der Waals surface area contributed by atoms with Crippen molar-refractivity contribution in [3.8, 4) is 5.75 Å². The molecular weight excluding hydrogens is 314 g/mol. The predicted molar refractivity (Wildman–Crippen MR) is 88.4 cm³/mol. The monoisotopic (exact) mass is 339 g/mol. The van der Waals surface area contributed by atoms with Gasteiger partial charge in [-0.2, -0.15) is 0 Å². The molecule has 0 radical (unpaired) electrons. The molecule has 1 fully saturated rings. The molecule has 112 valence electrons. The first-order valence-electron chi connectivity index (χ1n) is 7.87. The van der Waals surface area contributed by atoms with E-state index in [4.69, 9.17) is 4.74 Å². The van der Waals surface area contributed by atoms with Gasteiger partial charge < -0.3 is 10.1 Å². The standard InChI is InChI=1S/C17H26BrNO/c1-3-19-12-14-11-15(18)10-13(2)17(14)20-16-8-6-4-5-7-9-16/h10-11,16,19H,3-9,12H2,1-2H3. The molecule has 1 aromatic rings. The predicted octanol–water partition coefficient (Wildman–Crippen LogP) is 4.97. The Morgan fingerprint density at radius 1 is 1.20 bits per heavy atom. The lowest BCUT2D eigenvalue weighted by molar-refractivity contribution is 0.180. The maximum atomic E-state index is 6.39. The fourth-order valence-corrected chi connectivity index (χ4v) is 3.51. The molecule has 0 amide bonds. The van der Waals surface area contributed by atoms with E-state index in [0.717, 1.165) is 23.3 Å². The third kappa shape index (κ3) is 4.49. The van der Waals surface area contributed by atoms with Gasteiger partial charge in [0.2, 0.25) is 0 Å². The van der Waals surface area contributed by atoms with Crippen LogP contribution in [0.4, 0.5) is 0 Å². The molecule has 1 aliphatic carbocycles. The van der Waals surface area contributed by atoms with Crippen molar-refractivity contribution < 1.29 is 4.74 Å². The smallest absolute Gasteiger partial charge is 0.127 e. The zero-order valence-electron chi connectivity index (χ0n) is 12.7. The van der Waals surface area contributed by atoms with Crippen LogP contribution in [0.15, 0.2) is 16.6 Å². The first-order chi connectivity index (χ1) is 9.70. The maximum Gasteiger partial charge on any atom is 0.127 e. The molecule has 0 aliphatic heterocycles. The topological polar surface area (TPSA) is 21.3 Å². The van der Waals surface area contributed by atoms with Crippen LogP contribution in [0.2, 0.25) is 0 Å². The average Bonchev–Trinajstić information content (AvgIpc) is 2.68. The van der Waals surface area contributed by atoms with E-state index in [-0.39, 0.29) is 0 Å². The van der Waals surface area contributed by atoms with E-state index in [2.05, 4.69) is 47.2 Å². The second-order valence-corrected chi connectivity index (χ2v) is 6.64. The van der Waals surface area contributed by atoms with Gasteiger partial charge in [0.05, 0.1) is 6.10 Å². The first-order valence-corrected chi connectivity index (χ1v) is 8.66. The number of rotatable bonds is 5. The average molecular weight is 340 g/mol. The molecule has 1 N–H and O–H groups in total. The largest absolute Gasteiger partial charge is 0.490 e. The minimum Gasteiger partial charge on any atom is -0.490 e. The maximum absolute atomic E-state index is 6.39. The summed E-state index contributed by atoms with van der Waals surface area (Å²) in [6.45, 7) is 6.14. The van der Waals surface area contributed by atoms with Crippen molar-refractivity contribution in [2.24, 2.45) is 0 Å². The lowest BCUT2D eigenvalue weighted by Gasteiger charge is -2.22. The van der Waals surface area contributed by atoms with E-state index in [1.807, 2.05) is 0 Å². The van der Waals surface area contributed by atoms with Crippen molar-refractivity contribution in [2.75, 3.05) is 6.54 Å². The Labute approximate surface area is 131 Å². The Hall–Kier alpha value is -0.540. The van der Waals surface area contributed by atoms with Gasteiger partial charge in [0.15, 0.2) is 0 Å². The van der Waals surface area contributed by atoms with E-state index in [0.29, 0.717) is 6.10 Å². The van der Waals surface area contributed by atoms with Crippen LogP contribution in [-0.4, -0.2) is 12.6 Å². The van der Waals surface area contributed by atoms with E-state index in [1.54, 1.807) is 0 Å². The highest BCUT2D eigenvalue weighted by molar-refractivity contribution is 9.10. The van der Waals surface area contributed by atoms with Crippen LogP contribution in [0.5, 0.6) is 5.75 Å². The van der Waals surface area contributed by atoms with Crippen molar-refractivity contribution in [1.82, 2.24) is 5.32 Å². The SMILES string of the molecule is CCNCc1cc(Br)cc(C)c1OC1CCCCCC1. The van der Waals surface area contributed by atoms with Crippen molar-refractivity contribution >= 4 is 15.9 Å². The fourth-order valence-electron chi connectivity index (χ4n) is 2.89. The van der Waals surface area contributed by atoms with Gasteiger partial charge in [0, 0.05) is 16.6 Å². The van der Waals surface area contributed by atoms with Gasteiger partial charge in [0.25, 0.3) is 0 Å². The van der Waals surface area contributed by atoms with E-state index < -0.39 is 0 Å². The Balaban J connectivity index is 2.15. The van der Waals surface area contributed by atoms with E-state index in [9.17, 15) is 0 Å². The Morgan fingerprint density at radius 3 is 2.55 bits per heavy atom. The molecule has 0 bridgehead atoms. The molecule has 1 aromatic carbocycles. The van der Waals surface area contributed by atoms with Gasteiger partial charge in [-0.05, 0) is 56.8 Å². The number of hydrogen-bond acceptors (Lipinski definition) is 2. The lowest BCUT2D eigenvalue weighted by atomic mass is 10.1.